The molecule has 0 saturated carbocycles. The maximum absolute atomic E-state index is 12.6. The van der Waals surface area contributed by atoms with E-state index in [-0.39, 0.29) is 48.3 Å². The fourth-order valence-corrected chi connectivity index (χ4v) is 4.54. The number of hydrogen-bond donors (Lipinski definition) is 2. The number of nitrogens with zero attached hydrogens (tertiary/aromatic N) is 2. The van der Waals surface area contributed by atoms with Gasteiger partial charge < -0.3 is 20.4 Å². The predicted octanol–water partition coefficient (Wildman–Crippen LogP) is 2.97. The first-order chi connectivity index (χ1) is 16.8. The minimum absolute atomic E-state index is 0.0443. The highest BCUT2D eigenvalue weighted by Gasteiger charge is 2.36. The van der Waals surface area contributed by atoms with Crippen LogP contribution in [0.3, 0.4) is 0 Å². The van der Waals surface area contributed by atoms with Gasteiger partial charge in [-0.3, -0.25) is 19.2 Å². The van der Waals surface area contributed by atoms with E-state index in [0.29, 0.717) is 32.6 Å². The third kappa shape index (κ3) is 6.26. The normalized spacial score (nSPS) is 19.8. The van der Waals surface area contributed by atoms with Crippen LogP contribution in [0.15, 0.2) is 48.5 Å². The highest BCUT2D eigenvalue weighted by molar-refractivity contribution is 5.98. The molecule has 2 aliphatic heterocycles. The van der Waals surface area contributed by atoms with Crippen LogP contribution in [0.25, 0.3) is 0 Å². The van der Waals surface area contributed by atoms with Crippen LogP contribution in [0.4, 0.5) is 11.4 Å². The number of nitrogens with one attached hydrogen (secondary N) is 2. The molecule has 2 saturated heterocycles. The molecule has 8 heteroatoms. The van der Waals surface area contributed by atoms with Crippen molar-refractivity contribution in [2.75, 3.05) is 36.8 Å². The standard InChI is InChI=1S/C27H32N4O4/c1-18-4-8-22(9-5-18)28-26(34)20-14-24(32)30(16-20)12-3-13-31-17-21(15-25(31)33)27(35)29-23-10-6-19(2)7-11-23/h4-11,20-21H,3,12-17H2,1-2H3,(H,28,34)(H,29,35)/t20-,21-/m1/s1. The van der Waals surface area contributed by atoms with Crippen molar-refractivity contribution in [2.45, 2.75) is 33.1 Å². The van der Waals surface area contributed by atoms with Gasteiger partial charge in [-0.25, -0.2) is 0 Å². The number of carbonyl (C=O) groups is 4. The van der Waals surface area contributed by atoms with Gasteiger partial charge in [0.25, 0.3) is 0 Å². The molecule has 184 valence electrons. The number of rotatable bonds is 8. The molecule has 8 nitrogen and oxygen atoms in total. The van der Waals surface area contributed by atoms with Crippen molar-refractivity contribution in [2.24, 2.45) is 11.8 Å². The lowest BCUT2D eigenvalue weighted by Gasteiger charge is -2.20. The molecule has 2 aliphatic rings. The summed E-state index contributed by atoms with van der Waals surface area (Å²) in [5.74, 6) is -1.16. The topological polar surface area (TPSA) is 98.8 Å². The molecule has 0 bridgehead atoms. The smallest absolute Gasteiger partial charge is 0.229 e. The molecule has 2 aromatic rings. The third-order valence-corrected chi connectivity index (χ3v) is 6.66. The van der Waals surface area contributed by atoms with Crippen molar-refractivity contribution < 1.29 is 19.2 Å². The van der Waals surface area contributed by atoms with Gasteiger partial charge in [0.15, 0.2) is 0 Å². The number of likely N-dealkylation sites (tertiary alicyclic amines) is 2. The lowest BCUT2D eigenvalue weighted by atomic mass is 10.1. The Morgan fingerprint density at radius 3 is 1.46 bits per heavy atom. The number of carbonyl (C=O) groups excluding carboxylic acids is 4. The fraction of sp³-hybridized carbons (Fsp3) is 0.407. The van der Waals surface area contributed by atoms with Crippen LogP contribution < -0.4 is 10.6 Å². The van der Waals surface area contributed by atoms with Gasteiger partial charge in [-0.15, -0.1) is 0 Å². The summed E-state index contributed by atoms with van der Waals surface area (Å²) in [4.78, 5) is 53.4. The van der Waals surface area contributed by atoms with E-state index in [0.717, 1.165) is 22.5 Å². The highest BCUT2D eigenvalue weighted by Crippen LogP contribution is 2.23. The van der Waals surface area contributed by atoms with Crippen molar-refractivity contribution in [1.82, 2.24) is 9.80 Å². The molecule has 0 spiro atoms. The number of amides is 4. The minimum atomic E-state index is -0.382. The molecule has 2 N–H and O–H groups in total. The summed E-state index contributed by atoms with van der Waals surface area (Å²) >= 11 is 0. The Kier molecular flexibility index (Phi) is 7.48. The first-order valence-corrected chi connectivity index (χ1v) is 12.1. The molecule has 0 aliphatic carbocycles. The van der Waals surface area contributed by atoms with Gasteiger partial charge in [-0.05, 0) is 44.5 Å². The van der Waals surface area contributed by atoms with E-state index >= 15 is 0 Å². The quantitative estimate of drug-likeness (QED) is 0.612. The first-order valence-electron chi connectivity index (χ1n) is 12.1. The molecule has 2 fully saturated rings. The van der Waals surface area contributed by atoms with Gasteiger partial charge in [0.05, 0.1) is 11.8 Å². The molecule has 35 heavy (non-hydrogen) atoms. The summed E-state index contributed by atoms with van der Waals surface area (Å²) in [6, 6.07) is 15.1. The monoisotopic (exact) mass is 476 g/mol. The van der Waals surface area contributed by atoms with E-state index in [1.54, 1.807) is 9.80 Å². The second-order valence-electron chi connectivity index (χ2n) is 9.55. The van der Waals surface area contributed by atoms with Crippen LogP contribution in [-0.2, 0) is 19.2 Å². The number of hydrogen-bond acceptors (Lipinski definition) is 4. The van der Waals surface area contributed by atoms with Gasteiger partial charge >= 0.3 is 0 Å². The molecule has 4 rings (SSSR count). The van der Waals surface area contributed by atoms with Crippen LogP contribution in [0.1, 0.15) is 30.4 Å². The fourth-order valence-electron chi connectivity index (χ4n) is 4.54. The molecule has 0 aromatic heterocycles. The SMILES string of the molecule is Cc1ccc(NC(=O)[C@@H]2CC(=O)N(CCCN3C[C@H](C(=O)Nc4ccc(C)cc4)CC3=O)C2)cc1. The minimum Gasteiger partial charge on any atom is -0.342 e. The predicted molar refractivity (Wildman–Crippen MR) is 134 cm³/mol. The summed E-state index contributed by atoms with van der Waals surface area (Å²) in [5.41, 5.74) is 3.67. The average Bonchev–Trinajstić information content (AvgIpc) is 3.39. The van der Waals surface area contributed by atoms with Crippen molar-refractivity contribution in [3.8, 4) is 0 Å². The lowest BCUT2D eigenvalue weighted by Crippen LogP contribution is -2.33. The lowest BCUT2D eigenvalue weighted by molar-refractivity contribution is -0.129. The van der Waals surface area contributed by atoms with Crippen LogP contribution in [0.5, 0.6) is 0 Å². The second kappa shape index (κ2) is 10.7. The first kappa shape index (κ1) is 24.4. The Bertz CT molecular complexity index is 1010. The van der Waals surface area contributed by atoms with E-state index in [2.05, 4.69) is 10.6 Å². The van der Waals surface area contributed by atoms with Gasteiger partial charge in [-0.1, -0.05) is 35.4 Å². The third-order valence-electron chi connectivity index (χ3n) is 6.66. The highest BCUT2D eigenvalue weighted by atomic mass is 16.2. The molecule has 2 heterocycles. The summed E-state index contributed by atoms with van der Waals surface area (Å²) in [7, 11) is 0. The summed E-state index contributed by atoms with van der Waals surface area (Å²) < 4.78 is 0. The molecular weight excluding hydrogens is 444 g/mol. The maximum Gasteiger partial charge on any atom is 0.229 e. The van der Waals surface area contributed by atoms with Gasteiger partial charge in [0.1, 0.15) is 0 Å². The van der Waals surface area contributed by atoms with Gasteiger partial charge in [0.2, 0.25) is 23.6 Å². The Morgan fingerprint density at radius 2 is 1.09 bits per heavy atom. The zero-order chi connectivity index (χ0) is 24.9. The van der Waals surface area contributed by atoms with Gasteiger partial charge in [0, 0.05) is 50.4 Å². The molecule has 2 aromatic carbocycles. The Labute approximate surface area is 205 Å². The number of anilines is 2. The molecule has 0 unspecified atom stereocenters. The molecule has 2 atom stereocenters. The van der Waals surface area contributed by atoms with E-state index in [4.69, 9.17) is 0 Å². The van der Waals surface area contributed by atoms with Crippen molar-refractivity contribution in [1.29, 1.82) is 0 Å². The van der Waals surface area contributed by atoms with Crippen LogP contribution in [0.2, 0.25) is 0 Å². The van der Waals surface area contributed by atoms with Crippen molar-refractivity contribution in [3.63, 3.8) is 0 Å². The molecular formula is C27H32N4O4. The summed E-state index contributed by atoms with van der Waals surface area (Å²) in [6.07, 6.45) is 0.999. The molecule has 0 radical (unpaired) electrons. The van der Waals surface area contributed by atoms with Crippen LogP contribution in [-0.4, -0.2) is 59.6 Å². The van der Waals surface area contributed by atoms with E-state index in [1.165, 1.54) is 0 Å². The summed E-state index contributed by atoms with van der Waals surface area (Å²) in [5, 5.41) is 5.77. The van der Waals surface area contributed by atoms with Crippen molar-refractivity contribution in [3.05, 3.63) is 59.7 Å². The van der Waals surface area contributed by atoms with E-state index < -0.39 is 0 Å². The van der Waals surface area contributed by atoms with Crippen LogP contribution >= 0.6 is 0 Å². The van der Waals surface area contributed by atoms with Gasteiger partial charge in [-0.2, -0.15) is 0 Å². The zero-order valence-corrected chi connectivity index (χ0v) is 20.3. The number of aryl methyl sites for hydroxylation is 2. The van der Waals surface area contributed by atoms with Crippen molar-refractivity contribution >= 4 is 35.0 Å². The Morgan fingerprint density at radius 1 is 0.714 bits per heavy atom. The Balaban J connectivity index is 1.20. The average molecular weight is 477 g/mol. The Hall–Kier alpha value is -3.68. The number of benzene rings is 2. The zero-order valence-electron chi connectivity index (χ0n) is 20.3. The largest absolute Gasteiger partial charge is 0.342 e. The maximum atomic E-state index is 12.6. The van der Waals surface area contributed by atoms with E-state index in [9.17, 15) is 19.2 Å². The van der Waals surface area contributed by atoms with Crippen LogP contribution in [0, 0.1) is 25.7 Å². The summed E-state index contributed by atoms with van der Waals surface area (Å²) in [6.45, 7) is 5.69. The van der Waals surface area contributed by atoms with E-state index in [1.807, 2.05) is 62.4 Å². The second-order valence-corrected chi connectivity index (χ2v) is 9.55. The molecule has 4 amide bonds.